The maximum absolute atomic E-state index is 12.6. The molecule has 4 heterocycles. The van der Waals surface area contributed by atoms with E-state index in [1.807, 2.05) is 29.2 Å². The summed E-state index contributed by atoms with van der Waals surface area (Å²) in [4.78, 5) is 41.7. The van der Waals surface area contributed by atoms with Gasteiger partial charge in [-0.25, -0.2) is 19.7 Å². The van der Waals surface area contributed by atoms with Gasteiger partial charge in [-0.15, -0.1) is 0 Å². The van der Waals surface area contributed by atoms with E-state index in [0.29, 0.717) is 63.3 Å². The molecule has 0 aliphatic carbocycles. The lowest BCUT2D eigenvalue weighted by Crippen LogP contribution is -2.43. The number of rotatable bonds is 4. The Morgan fingerprint density at radius 3 is 2.60 bits per heavy atom. The summed E-state index contributed by atoms with van der Waals surface area (Å²) in [7, 11) is 1.71. The molecule has 0 saturated carbocycles. The third-order valence-corrected chi connectivity index (χ3v) is 6.14. The number of amides is 2. The first-order valence-corrected chi connectivity index (χ1v) is 11.5. The standard InChI is InChI=1S/C24H27N7O4/c1-29-22(32)14-20(19-6-7-25-16-26-19)28-23(29)31-10-13-35-21(15-31)17-2-4-18(5-3-17)27-24(33)30-8-11-34-12-9-30/h2-7,14,16,21H,8-13,15H2,1H3,(H,27,33)/t21-/m1/s1. The Labute approximate surface area is 202 Å². The molecule has 3 aromatic rings. The molecule has 0 radical (unpaired) electrons. The summed E-state index contributed by atoms with van der Waals surface area (Å²) in [6.45, 7) is 3.93. The normalized spacial score (nSPS) is 18.4. The summed E-state index contributed by atoms with van der Waals surface area (Å²) in [6.07, 6.45) is 2.86. The minimum absolute atomic E-state index is 0.128. The fourth-order valence-electron chi connectivity index (χ4n) is 4.17. The van der Waals surface area contributed by atoms with E-state index in [4.69, 9.17) is 14.5 Å². The van der Waals surface area contributed by atoms with Crippen molar-refractivity contribution < 1.29 is 14.3 Å². The Balaban J connectivity index is 1.30. The third-order valence-electron chi connectivity index (χ3n) is 6.14. The highest BCUT2D eigenvalue weighted by Crippen LogP contribution is 2.26. The highest BCUT2D eigenvalue weighted by Gasteiger charge is 2.25. The van der Waals surface area contributed by atoms with Crippen LogP contribution in [0, 0.1) is 0 Å². The first-order chi connectivity index (χ1) is 17.1. The Morgan fingerprint density at radius 1 is 1.06 bits per heavy atom. The second kappa shape index (κ2) is 10.2. The zero-order chi connectivity index (χ0) is 24.2. The summed E-state index contributed by atoms with van der Waals surface area (Å²) in [6, 6.07) is 10.7. The van der Waals surface area contributed by atoms with E-state index in [1.54, 1.807) is 24.2 Å². The molecule has 2 aliphatic rings. The zero-order valence-electron chi connectivity index (χ0n) is 19.5. The molecule has 0 unspecified atom stereocenters. The number of morpholine rings is 2. The van der Waals surface area contributed by atoms with Gasteiger partial charge in [0.25, 0.3) is 5.56 Å². The predicted molar refractivity (Wildman–Crippen MR) is 129 cm³/mol. The van der Waals surface area contributed by atoms with Gasteiger partial charge in [0.2, 0.25) is 5.95 Å². The molecule has 11 nitrogen and oxygen atoms in total. The molecule has 2 fully saturated rings. The number of urea groups is 1. The Hall–Kier alpha value is -3.83. The number of hydrogen-bond acceptors (Lipinski definition) is 8. The van der Waals surface area contributed by atoms with Gasteiger partial charge in [-0.1, -0.05) is 12.1 Å². The van der Waals surface area contributed by atoms with Crippen LogP contribution in [0.5, 0.6) is 0 Å². The van der Waals surface area contributed by atoms with Crippen LogP contribution >= 0.6 is 0 Å². The molecule has 2 aliphatic heterocycles. The van der Waals surface area contributed by atoms with E-state index in [2.05, 4.69) is 15.3 Å². The van der Waals surface area contributed by atoms with Crippen molar-refractivity contribution >= 4 is 17.7 Å². The van der Waals surface area contributed by atoms with Crippen LogP contribution in [-0.2, 0) is 16.5 Å². The quantitative estimate of drug-likeness (QED) is 0.604. The van der Waals surface area contributed by atoms with Crippen LogP contribution < -0.4 is 15.8 Å². The molecule has 1 atom stereocenters. The van der Waals surface area contributed by atoms with Gasteiger partial charge in [0.15, 0.2) is 0 Å². The molecule has 0 bridgehead atoms. The van der Waals surface area contributed by atoms with Crippen molar-refractivity contribution in [3.63, 3.8) is 0 Å². The molecule has 1 aromatic carbocycles. The van der Waals surface area contributed by atoms with Crippen LogP contribution in [0.25, 0.3) is 11.4 Å². The van der Waals surface area contributed by atoms with Crippen LogP contribution in [-0.4, -0.2) is 76.4 Å². The third kappa shape index (κ3) is 5.15. The molecule has 1 N–H and O–H groups in total. The molecule has 2 aromatic heterocycles. The summed E-state index contributed by atoms with van der Waals surface area (Å²) in [5.74, 6) is 0.564. The van der Waals surface area contributed by atoms with Crippen molar-refractivity contribution in [3.8, 4) is 11.4 Å². The maximum atomic E-state index is 12.6. The largest absolute Gasteiger partial charge is 0.378 e. The van der Waals surface area contributed by atoms with E-state index in [1.165, 1.54) is 17.0 Å². The number of hydrogen-bond donors (Lipinski definition) is 1. The van der Waals surface area contributed by atoms with Gasteiger partial charge in [-0.3, -0.25) is 9.36 Å². The van der Waals surface area contributed by atoms with Crippen molar-refractivity contribution in [1.82, 2.24) is 24.4 Å². The highest BCUT2D eigenvalue weighted by molar-refractivity contribution is 5.89. The van der Waals surface area contributed by atoms with Gasteiger partial charge in [-0.05, 0) is 23.8 Å². The van der Waals surface area contributed by atoms with Crippen LogP contribution in [0.1, 0.15) is 11.7 Å². The Kier molecular flexibility index (Phi) is 6.68. The smallest absolute Gasteiger partial charge is 0.321 e. The topological polar surface area (TPSA) is 115 Å². The lowest BCUT2D eigenvalue weighted by Gasteiger charge is -2.34. The van der Waals surface area contributed by atoms with Crippen molar-refractivity contribution in [2.75, 3.05) is 56.2 Å². The molecule has 0 spiro atoms. The number of nitrogens with one attached hydrogen (secondary N) is 1. The number of benzene rings is 1. The number of ether oxygens (including phenoxy) is 2. The van der Waals surface area contributed by atoms with Crippen molar-refractivity contribution in [3.05, 3.63) is 64.8 Å². The van der Waals surface area contributed by atoms with E-state index in [0.717, 1.165) is 11.3 Å². The van der Waals surface area contributed by atoms with Crippen molar-refractivity contribution in [1.29, 1.82) is 0 Å². The lowest BCUT2D eigenvalue weighted by molar-refractivity contribution is 0.0390. The van der Waals surface area contributed by atoms with E-state index in [-0.39, 0.29) is 17.7 Å². The fourth-order valence-corrected chi connectivity index (χ4v) is 4.17. The zero-order valence-corrected chi connectivity index (χ0v) is 19.5. The Morgan fingerprint density at radius 2 is 1.86 bits per heavy atom. The summed E-state index contributed by atoms with van der Waals surface area (Å²) < 4.78 is 12.9. The van der Waals surface area contributed by atoms with Crippen LogP contribution in [0.3, 0.4) is 0 Å². The number of carbonyl (C=O) groups excluding carboxylic acids is 1. The van der Waals surface area contributed by atoms with E-state index < -0.39 is 0 Å². The van der Waals surface area contributed by atoms with Gasteiger partial charge in [-0.2, -0.15) is 0 Å². The van der Waals surface area contributed by atoms with Crippen molar-refractivity contribution in [2.45, 2.75) is 6.10 Å². The molecule has 2 saturated heterocycles. The summed E-state index contributed by atoms with van der Waals surface area (Å²) >= 11 is 0. The van der Waals surface area contributed by atoms with Gasteiger partial charge in [0.05, 0.1) is 37.8 Å². The minimum atomic E-state index is -0.202. The molecule has 182 valence electrons. The molecular formula is C24H27N7O4. The second-order valence-corrected chi connectivity index (χ2v) is 8.39. The Bertz CT molecular complexity index is 1230. The van der Waals surface area contributed by atoms with Crippen LogP contribution in [0.4, 0.5) is 16.4 Å². The van der Waals surface area contributed by atoms with Crippen LogP contribution in [0.2, 0.25) is 0 Å². The average molecular weight is 478 g/mol. The number of nitrogens with zero attached hydrogens (tertiary/aromatic N) is 6. The monoisotopic (exact) mass is 477 g/mol. The first kappa shape index (κ1) is 22.9. The molecule has 35 heavy (non-hydrogen) atoms. The predicted octanol–water partition coefficient (Wildman–Crippen LogP) is 1.68. The molecular weight excluding hydrogens is 450 g/mol. The van der Waals surface area contributed by atoms with E-state index >= 15 is 0 Å². The maximum Gasteiger partial charge on any atom is 0.321 e. The van der Waals surface area contributed by atoms with Gasteiger partial charge >= 0.3 is 6.03 Å². The molecule has 5 rings (SSSR count). The first-order valence-electron chi connectivity index (χ1n) is 11.5. The van der Waals surface area contributed by atoms with Gasteiger partial charge in [0, 0.05) is 44.6 Å². The number of aromatic nitrogens is 4. The lowest BCUT2D eigenvalue weighted by atomic mass is 10.1. The van der Waals surface area contributed by atoms with Gasteiger partial charge < -0.3 is 24.6 Å². The SMILES string of the molecule is Cn1c(N2CCO[C@@H](c3ccc(NC(=O)N4CCOCC4)cc3)C2)nc(-c2ccncn2)cc1=O. The van der Waals surface area contributed by atoms with Gasteiger partial charge in [0.1, 0.15) is 12.4 Å². The molecule has 11 heteroatoms. The fraction of sp³-hybridized carbons (Fsp3) is 0.375. The molecule has 2 amide bonds. The van der Waals surface area contributed by atoms with E-state index in [9.17, 15) is 9.59 Å². The van der Waals surface area contributed by atoms with Crippen LogP contribution in [0.15, 0.2) is 53.7 Å². The summed E-state index contributed by atoms with van der Waals surface area (Å²) in [5, 5.41) is 2.93. The minimum Gasteiger partial charge on any atom is -0.378 e. The average Bonchev–Trinajstić information content (AvgIpc) is 2.91. The highest BCUT2D eigenvalue weighted by atomic mass is 16.5. The second-order valence-electron chi connectivity index (χ2n) is 8.39. The number of anilines is 2. The number of carbonyl (C=O) groups is 1. The van der Waals surface area contributed by atoms with Crippen molar-refractivity contribution in [2.24, 2.45) is 7.05 Å². The summed E-state index contributed by atoms with van der Waals surface area (Å²) in [5.41, 5.74) is 2.65.